The third kappa shape index (κ3) is 6.57. The number of nitrogens with two attached hydrogens (primary N) is 1. The van der Waals surface area contributed by atoms with E-state index in [2.05, 4.69) is 10.2 Å². The van der Waals surface area contributed by atoms with Gasteiger partial charge in [-0.2, -0.15) is 13.5 Å². The molecule has 3 rings (SSSR count). The number of hydrogen-bond acceptors (Lipinski definition) is 7. The first kappa shape index (κ1) is 23.4. The number of fused-ring (bicyclic) bond motifs is 1. The second-order valence-corrected chi connectivity index (χ2v) is 7.53. The Balaban J connectivity index is 0.000000262. The fraction of sp³-hybridized carbons (Fsp3) is 0.0526. The Labute approximate surface area is 177 Å². The van der Waals surface area contributed by atoms with E-state index in [0.29, 0.717) is 16.3 Å². The van der Waals surface area contributed by atoms with Crippen molar-refractivity contribution in [1.29, 1.82) is 0 Å². The largest absolute Gasteiger partial charge is 0.367 e. The molecule has 3 aromatic carbocycles. The summed E-state index contributed by atoms with van der Waals surface area (Å²) in [5, 5.41) is 27.8. The van der Waals surface area contributed by atoms with Crippen LogP contribution in [0, 0.1) is 17.0 Å². The minimum Gasteiger partial charge on any atom is -0.367 e. The van der Waals surface area contributed by atoms with Crippen LogP contribution >= 0.6 is 0 Å². The van der Waals surface area contributed by atoms with Crippen LogP contribution in [0.1, 0.15) is 11.1 Å². The van der Waals surface area contributed by atoms with Crippen LogP contribution in [-0.2, 0) is 10.1 Å². The molecule has 3 aromatic rings. The first-order valence-electron chi connectivity index (χ1n) is 8.60. The van der Waals surface area contributed by atoms with E-state index in [1.54, 1.807) is 47.9 Å². The van der Waals surface area contributed by atoms with Gasteiger partial charge < -0.3 is 5.73 Å². The van der Waals surface area contributed by atoms with Crippen LogP contribution in [0.15, 0.2) is 75.8 Å². The van der Waals surface area contributed by atoms with Crippen LogP contribution in [0.25, 0.3) is 10.8 Å². The summed E-state index contributed by atoms with van der Waals surface area (Å²) in [5.74, 6) is -0.257. The Morgan fingerprint density at radius 1 is 1.10 bits per heavy atom. The van der Waals surface area contributed by atoms with Crippen LogP contribution < -0.4 is 11.2 Å². The van der Waals surface area contributed by atoms with Gasteiger partial charge in [-0.3, -0.25) is 19.9 Å². The van der Waals surface area contributed by atoms with Gasteiger partial charge in [-0.25, -0.2) is 5.48 Å². The van der Waals surface area contributed by atoms with E-state index in [1.165, 1.54) is 24.4 Å². The lowest BCUT2D eigenvalue weighted by Crippen LogP contribution is -2.27. The van der Waals surface area contributed by atoms with E-state index < -0.39 is 15.0 Å². The number of hydrogen-bond donors (Lipinski definition) is 4. The van der Waals surface area contributed by atoms with Crippen molar-refractivity contribution < 1.29 is 23.1 Å². The number of nitrogens with one attached hydrogen (secondary N) is 1. The third-order valence-electron chi connectivity index (χ3n) is 3.93. The maximum atomic E-state index is 11.0. The highest BCUT2D eigenvalue weighted by Crippen LogP contribution is 2.26. The molecule has 12 heteroatoms. The van der Waals surface area contributed by atoms with Crippen molar-refractivity contribution in [3.8, 4) is 0 Å². The highest BCUT2D eigenvalue weighted by molar-refractivity contribution is 7.85. The summed E-state index contributed by atoms with van der Waals surface area (Å²) in [7, 11) is -4.02. The fourth-order valence-electron chi connectivity index (χ4n) is 2.48. The van der Waals surface area contributed by atoms with Gasteiger partial charge in [-0.1, -0.05) is 42.0 Å². The van der Waals surface area contributed by atoms with Crippen molar-refractivity contribution in [2.45, 2.75) is 11.8 Å². The second-order valence-electron chi connectivity index (χ2n) is 6.11. The fourth-order valence-corrected chi connectivity index (χ4v) is 2.96. The van der Waals surface area contributed by atoms with Crippen LogP contribution in [0.4, 0.5) is 5.69 Å². The number of hydroxylamine groups is 1. The molecule has 0 radical (unpaired) electrons. The predicted octanol–water partition coefficient (Wildman–Crippen LogP) is 2.62. The normalized spacial score (nSPS) is 11.8. The van der Waals surface area contributed by atoms with Gasteiger partial charge in [-0.15, -0.1) is 5.10 Å². The van der Waals surface area contributed by atoms with Crippen molar-refractivity contribution >= 4 is 38.8 Å². The van der Waals surface area contributed by atoms with Gasteiger partial charge in [0.1, 0.15) is 0 Å². The molecule has 0 aromatic heterocycles. The van der Waals surface area contributed by atoms with Crippen LogP contribution in [0.3, 0.4) is 0 Å². The molecule has 0 aliphatic heterocycles. The third-order valence-corrected chi connectivity index (χ3v) is 4.79. The zero-order chi connectivity index (χ0) is 23.0. The lowest BCUT2D eigenvalue weighted by Gasteiger charge is -2.02. The molecule has 11 nitrogen and oxygen atoms in total. The molecule has 0 aliphatic carbocycles. The molecule has 0 amide bonds. The van der Waals surface area contributed by atoms with Gasteiger partial charge in [0.2, 0.25) is 5.96 Å². The second kappa shape index (κ2) is 10.2. The quantitative estimate of drug-likeness (QED) is 0.155. The number of guanidine groups is 1. The molecule has 5 N–H and O–H groups in total. The molecular formula is C19H19N5O6S. The van der Waals surface area contributed by atoms with Crippen LogP contribution in [0.2, 0.25) is 0 Å². The van der Waals surface area contributed by atoms with Crippen molar-refractivity contribution in [3.63, 3.8) is 0 Å². The molecule has 0 saturated heterocycles. The Morgan fingerprint density at radius 3 is 2.29 bits per heavy atom. The zero-order valence-corrected chi connectivity index (χ0v) is 17.0. The van der Waals surface area contributed by atoms with E-state index >= 15 is 0 Å². The number of rotatable bonds is 4. The molecule has 0 unspecified atom stereocenters. The molecular weight excluding hydrogens is 426 g/mol. The minimum atomic E-state index is -4.02. The minimum absolute atomic E-state index is 0.0257. The Kier molecular flexibility index (Phi) is 7.74. The highest BCUT2D eigenvalue weighted by Gasteiger charge is 2.12. The van der Waals surface area contributed by atoms with E-state index in [0.717, 1.165) is 5.56 Å². The van der Waals surface area contributed by atoms with Crippen LogP contribution in [-0.4, -0.2) is 35.3 Å². The summed E-state index contributed by atoms with van der Waals surface area (Å²) in [6.07, 6.45) is 1.40. The first-order valence-corrected chi connectivity index (χ1v) is 10.0. The van der Waals surface area contributed by atoms with Crippen LogP contribution in [0.5, 0.6) is 0 Å². The van der Waals surface area contributed by atoms with Gasteiger partial charge in [0.25, 0.3) is 15.8 Å². The van der Waals surface area contributed by atoms with E-state index in [-0.39, 0.29) is 16.5 Å². The summed E-state index contributed by atoms with van der Waals surface area (Å²) >= 11 is 0. The Morgan fingerprint density at radius 2 is 1.71 bits per heavy atom. The SMILES string of the molecule is Cc1ccc(S(=O)(=O)O)cc1.N/C(=N\N=C\c1cccc2c([N+](=O)[O-])cccc12)NO. The molecule has 0 fully saturated rings. The molecule has 0 saturated carbocycles. The highest BCUT2D eigenvalue weighted by atomic mass is 32.2. The average molecular weight is 445 g/mol. The molecule has 0 spiro atoms. The number of aryl methyl sites for hydroxylation is 1. The summed E-state index contributed by atoms with van der Waals surface area (Å²) < 4.78 is 29.6. The zero-order valence-electron chi connectivity index (χ0n) is 16.2. The van der Waals surface area contributed by atoms with Crippen molar-refractivity contribution in [3.05, 3.63) is 81.9 Å². The summed E-state index contributed by atoms with van der Waals surface area (Å²) in [6.45, 7) is 1.84. The van der Waals surface area contributed by atoms with Crippen molar-refractivity contribution in [2.75, 3.05) is 0 Å². The topological polar surface area (TPSA) is 181 Å². The van der Waals surface area contributed by atoms with E-state index in [9.17, 15) is 18.5 Å². The monoisotopic (exact) mass is 445 g/mol. The summed E-state index contributed by atoms with van der Waals surface area (Å²) in [5.41, 5.74) is 8.47. The lowest BCUT2D eigenvalue weighted by molar-refractivity contribution is -0.383. The molecule has 162 valence electrons. The summed E-state index contributed by atoms with van der Waals surface area (Å²) in [6, 6.07) is 15.9. The number of nitro benzene ring substituents is 1. The van der Waals surface area contributed by atoms with Gasteiger partial charge in [0.15, 0.2) is 0 Å². The average Bonchev–Trinajstić information content (AvgIpc) is 2.73. The maximum Gasteiger partial charge on any atom is 0.294 e. The summed E-state index contributed by atoms with van der Waals surface area (Å²) in [4.78, 5) is 10.5. The van der Waals surface area contributed by atoms with E-state index in [4.69, 9.17) is 15.5 Å². The molecule has 0 atom stereocenters. The molecule has 0 bridgehead atoms. The number of nitrogens with zero attached hydrogens (tertiary/aromatic N) is 3. The van der Waals surface area contributed by atoms with Crippen molar-refractivity contribution in [1.82, 2.24) is 5.48 Å². The number of benzene rings is 3. The van der Waals surface area contributed by atoms with Gasteiger partial charge >= 0.3 is 0 Å². The smallest absolute Gasteiger partial charge is 0.294 e. The van der Waals surface area contributed by atoms with E-state index in [1.807, 2.05) is 6.92 Å². The van der Waals surface area contributed by atoms with Gasteiger partial charge in [0.05, 0.1) is 21.4 Å². The molecule has 31 heavy (non-hydrogen) atoms. The molecule has 0 heterocycles. The lowest BCUT2D eigenvalue weighted by atomic mass is 10.0. The van der Waals surface area contributed by atoms with Gasteiger partial charge in [0, 0.05) is 11.6 Å². The Bertz CT molecular complexity index is 1240. The standard InChI is InChI=1S/C12H11N5O3.C7H8O3S/c13-12(16-18)15-14-7-8-3-1-5-10-9(8)4-2-6-11(10)17(19)20;1-6-2-4-7(5-3-6)11(8,9)10/h1-7,18H,(H3,13,15,16);2-5H,1H3,(H,8,9,10)/b14-7+;. The Hall–Kier alpha value is -3.87. The number of non-ortho nitro benzene ring substituents is 1. The van der Waals surface area contributed by atoms with Crippen molar-refractivity contribution in [2.24, 2.45) is 15.9 Å². The molecule has 0 aliphatic rings. The maximum absolute atomic E-state index is 11.0. The predicted molar refractivity (Wildman–Crippen MR) is 116 cm³/mol. The van der Waals surface area contributed by atoms with Gasteiger partial charge in [-0.05, 0) is 30.5 Å². The first-order chi connectivity index (χ1) is 14.6. The number of nitro groups is 1.